The Morgan fingerprint density at radius 2 is 1.78 bits per heavy atom. The predicted octanol–water partition coefficient (Wildman–Crippen LogP) is 4.41. The summed E-state index contributed by atoms with van der Waals surface area (Å²) in [4.78, 5) is 12.6. The molecule has 0 saturated heterocycles. The molecule has 0 aliphatic carbocycles. The van der Waals surface area contributed by atoms with Crippen molar-refractivity contribution in [1.29, 1.82) is 5.26 Å². The van der Waals surface area contributed by atoms with E-state index in [1.807, 2.05) is 43.3 Å². The minimum Gasteiger partial charge on any atom is -0.493 e. The van der Waals surface area contributed by atoms with Crippen LogP contribution < -0.4 is 29.0 Å². The molecule has 184 valence electrons. The number of methoxy groups -OCH3 is 1. The zero-order valence-corrected chi connectivity index (χ0v) is 20.1. The quantitative estimate of drug-likeness (QED) is 0.257. The summed E-state index contributed by atoms with van der Waals surface area (Å²) in [7, 11) is 1.53. The molecule has 1 amide bonds. The fraction of sp³-hybridized carbons (Fsp3) is 0.214. The van der Waals surface area contributed by atoms with Crippen molar-refractivity contribution in [2.24, 2.45) is 0 Å². The molecule has 3 aromatic carbocycles. The lowest BCUT2D eigenvalue weighted by atomic mass is 10.1. The topological polar surface area (TPSA) is 99.0 Å². The molecule has 4 rings (SSSR count). The smallest absolute Gasteiger partial charge is 0.262 e. The summed E-state index contributed by atoms with van der Waals surface area (Å²) in [6.45, 7) is 3.11. The number of hydrogen-bond donors (Lipinski definition) is 1. The minimum absolute atomic E-state index is 0.0295. The normalized spacial score (nSPS) is 12.0. The standard InChI is InChI=1S/C28H26N2O6/c1-19-5-3-4-6-23(19)33-11-12-34-24-9-7-20(14-26(24)32-2)13-22(16-29)28(31)30-17-21-8-10-25-27(15-21)36-18-35-25/h3-10,13-15H,11-12,17-18H2,1-2H3,(H,30,31)/b22-13+. The van der Waals surface area contributed by atoms with Crippen LogP contribution in [0.25, 0.3) is 6.08 Å². The van der Waals surface area contributed by atoms with Gasteiger partial charge in [0.2, 0.25) is 6.79 Å². The molecule has 0 radical (unpaired) electrons. The van der Waals surface area contributed by atoms with Gasteiger partial charge in [-0.2, -0.15) is 5.26 Å². The average Bonchev–Trinajstić information content (AvgIpc) is 3.37. The number of nitrogens with one attached hydrogen (secondary N) is 1. The number of rotatable bonds is 10. The molecule has 0 fully saturated rings. The van der Waals surface area contributed by atoms with Crippen LogP contribution in [-0.4, -0.2) is 33.0 Å². The van der Waals surface area contributed by atoms with Gasteiger partial charge in [0, 0.05) is 6.54 Å². The van der Waals surface area contributed by atoms with Crippen LogP contribution in [0, 0.1) is 18.3 Å². The lowest BCUT2D eigenvalue weighted by Crippen LogP contribution is -2.23. The second kappa shape index (κ2) is 11.7. The first kappa shape index (κ1) is 24.5. The van der Waals surface area contributed by atoms with Gasteiger partial charge in [0.1, 0.15) is 30.6 Å². The van der Waals surface area contributed by atoms with E-state index in [1.54, 1.807) is 30.3 Å². The maximum absolute atomic E-state index is 12.6. The van der Waals surface area contributed by atoms with Crippen LogP contribution in [0.15, 0.2) is 66.2 Å². The Labute approximate surface area is 209 Å². The van der Waals surface area contributed by atoms with Crippen LogP contribution in [0.5, 0.6) is 28.7 Å². The molecule has 1 aliphatic rings. The highest BCUT2D eigenvalue weighted by atomic mass is 16.7. The number of fused-ring (bicyclic) bond motifs is 1. The van der Waals surface area contributed by atoms with Crippen LogP contribution in [-0.2, 0) is 11.3 Å². The maximum Gasteiger partial charge on any atom is 0.262 e. The SMILES string of the molecule is COc1cc(/C=C(\C#N)C(=O)NCc2ccc3c(c2)OCO3)ccc1OCCOc1ccccc1C. The third-order valence-corrected chi connectivity index (χ3v) is 5.45. The van der Waals surface area contributed by atoms with Gasteiger partial charge in [0.05, 0.1) is 7.11 Å². The first-order chi connectivity index (χ1) is 17.6. The fourth-order valence-electron chi connectivity index (χ4n) is 3.56. The lowest BCUT2D eigenvalue weighted by molar-refractivity contribution is -0.117. The number of carbonyl (C=O) groups excluding carboxylic acids is 1. The predicted molar refractivity (Wildman–Crippen MR) is 133 cm³/mol. The average molecular weight is 487 g/mol. The molecule has 3 aromatic rings. The maximum atomic E-state index is 12.6. The van der Waals surface area contributed by atoms with Gasteiger partial charge in [-0.3, -0.25) is 4.79 Å². The molecule has 0 aromatic heterocycles. The van der Waals surface area contributed by atoms with E-state index in [9.17, 15) is 10.1 Å². The van der Waals surface area contributed by atoms with Gasteiger partial charge in [0.15, 0.2) is 23.0 Å². The van der Waals surface area contributed by atoms with Crippen molar-refractivity contribution in [2.75, 3.05) is 27.1 Å². The molecular formula is C28H26N2O6. The molecule has 0 bridgehead atoms. The Morgan fingerprint density at radius 1 is 1.00 bits per heavy atom. The summed E-state index contributed by atoms with van der Waals surface area (Å²) in [5.74, 6) is 2.65. The van der Waals surface area contributed by atoms with E-state index >= 15 is 0 Å². The van der Waals surface area contributed by atoms with Gasteiger partial charge in [0.25, 0.3) is 5.91 Å². The van der Waals surface area contributed by atoms with E-state index in [0.717, 1.165) is 16.9 Å². The first-order valence-corrected chi connectivity index (χ1v) is 11.3. The van der Waals surface area contributed by atoms with Crippen molar-refractivity contribution in [1.82, 2.24) is 5.32 Å². The van der Waals surface area contributed by atoms with E-state index < -0.39 is 5.91 Å². The third kappa shape index (κ3) is 6.07. The molecule has 8 nitrogen and oxygen atoms in total. The minimum atomic E-state index is -0.484. The van der Waals surface area contributed by atoms with E-state index in [1.165, 1.54) is 13.2 Å². The largest absolute Gasteiger partial charge is 0.493 e. The second-order valence-electron chi connectivity index (χ2n) is 7.91. The molecule has 1 N–H and O–H groups in total. The number of amides is 1. The zero-order chi connectivity index (χ0) is 25.3. The fourth-order valence-corrected chi connectivity index (χ4v) is 3.56. The van der Waals surface area contributed by atoms with Crippen molar-refractivity contribution >= 4 is 12.0 Å². The van der Waals surface area contributed by atoms with E-state index in [0.29, 0.717) is 41.8 Å². The van der Waals surface area contributed by atoms with Crippen molar-refractivity contribution in [3.63, 3.8) is 0 Å². The zero-order valence-electron chi connectivity index (χ0n) is 20.1. The number of benzene rings is 3. The molecule has 8 heteroatoms. The monoisotopic (exact) mass is 486 g/mol. The Hall–Kier alpha value is -4.64. The number of para-hydroxylation sites is 1. The van der Waals surface area contributed by atoms with Gasteiger partial charge in [-0.15, -0.1) is 0 Å². The van der Waals surface area contributed by atoms with Crippen molar-refractivity contribution < 1.29 is 28.5 Å². The van der Waals surface area contributed by atoms with Crippen LogP contribution in [0.1, 0.15) is 16.7 Å². The van der Waals surface area contributed by atoms with Crippen LogP contribution in [0.4, 0.5) is 0 Å². The number of carbonyl (C=O) groups is 1. The molecule has 0 atom stereocenters. The van der Waals surface area contributed by atoms with E-state index in [4.69, 9.17) is 23.7 Å². The van der Waals surface area contributed by atoms with Gasteiger partial charge < -0.3 is 29.0 Å². The van der Waals surface area contributed by atoms with E-state index in [-0.39, 0.29) is 18.9 Å². The summed E-state index contributed by atoms with van der Waals surface area (Å²) >= 11 is 0. The van der Waals surface area contributed by atoms with E-state index in [2.05, 4.69) is 5.32 Å². The summed E-state index contributed by atoms with van der Waals surface area (Å²) in [6, 6.07) is 20.3. The third-order valence-electron chi connectivity index (χ3n) is 5.45. The van der Waals surface area contributed by atoms with Crippen molar-refractivity contribution in [2.45, 2.75) is 13.5 Å². The van der Waals surface area contributed by atoms with Crippen molar-refractivity contribution in [3.8, 4) is 34.8 Å². The number of nitriles is 1. The Balaban J connectivity index is 1.34. The molecule has 0 spiro atoms. The molecule has 1 aliphatic heterocycles. The van der Waals surface area contributed by atoms with Crippen molar-refractivity contribution in [3.05, 3.63) is 82.9 Å². The Morgan fingerprint density at radius 3 is 2.56 bits per heavy atom. The molecule has 0 unspecified atom stereocenters. The first-order valence-electron chi connectivity index (χ1n) is 11.3. The summed E-state index contributed by atoms with van der Waals surface area (Å²) in [6.07, 6.45) is 1.50. The summed E-state index contributed by atoms with van der Waals surface area (Å²) < 4.78 is 27.6. The molecule has 36 heavy (non-hydrogen) atoms. The lowest BCUT2D eigenvalue weighted by Gasteiger charge is -2.13. The Kier molecular flexibility index (Phi) is 7.94. The highest BCUT2D eigenvalue weighted by Crippen LogP contribution is 2.32. The highest BCUT2D eigenvalue weighted by Gasteiger charge is 2.15. The number of nitrogens with zero attached hydrogens (tertiary/aromatic N) is 1. The molecule has 1 heterocycles. The number of aryl methyl sites for hydroxylation is 1. The van der Waals surface area contributed by atoms with Gasteiger partial charge in [-0.1, -0.05) is 30.3 Å². The number of ether oxygens (including phenoxy) is 5. The molecule has 0 saturated carbocycles. The van der Waals surface area contributed by atoms with Crippen LogP contribution in [0.3, 0.4) is 0 Å². The Bertz CT molecular complexity index is 1310. The summed E-state index contributed by atoms with van der Waals surface area (Å²) in [5, 5.41) is 12.3. The highest BCUT2D eigenvalue weighted by molar-refractivity contribution is 6.01. The van der Waals surface area contributed by atoms with Gasteiger partial charge >= 0.3 is 0 Å². The van der Waals surface area contributed by atoms with Gasteiger partial charge in [-0.05, 0) is 60.0 Å². The number of hydrogen-bond acceptors (Lipinski definition) is 7. The molecular weight excluding hydrogens is 460 g/mol. The second-order valence-corrected chi connectivity index (χ2v) is 7.91. The van der Waals surface area contributed by atoms with Gasteiger partial charge in [-0.25, -0.2) is 0 Å². The van der Waals surface area contributed by atoms with Crippen LogP contribution >= 0.6 is 0 Å². The summed E-state index contributed by atoms with van der Waals surface area (Å²) in [5.41, 5.74) is 2.49. The van der Waals surface area contributed by atoms with Crippen LogP contribution in [0.2, 0.25) is 0 Å².